The first kappa shape index (κ1) is 28.2. The van der Waals surface area contributed by atoms with Crippen molar-refractivity contribution in [2.45, 2.75) is 116 Å². The van der Waals surface area contributed by atoms with Gasteiger partial charge in [0.05, 0.1) is 12.4 Å². The number of hydrogen-bond donors (Lipinski definition) is 0. The molecule has 0 radical (unpaired) electrons. The Morgan fingerprint density at radius 2 is 1.29 bits per heavy atom. The zero-order chi connectivity index (χ0) is 24.4. The number of unbranched alkanes of at least 4 members (excludes halogenated alkanes) is 8. The van der Waals surface area contributed by atoms with E-state index in [4.69, 9.17) is 4.74 Å². The van der Waals surface area contributed by atoms with Crippen LogP contribution in [0.4, 0.5) is 8.78 Å². The molecule has 1 aromatic heterocycles. The number of alkyl halides is 2. The highest BCUT2D eigenvalue weighted by Gasteiger charge is 2.13. The fourth-order valence-corrected chi connectivity index (χ4v) is 4.04. The van der Waals surface area contributed by atoms with E-state index in [0.717, 1.165) is 31.2 Å². The second kappa shape index (κ2) is 17.4. The highest BCUT2D eigenvalue weighted by Crippen LogP contribution is 2.20. The fourth-order valence-electron chi connectivity index (χ4n) is 4.04. The molecule has 190 valence electrons. The SMILES string of the molecule is CCCCCCCCCc1ccc(-c2ncc(OCC(F)CCC(F)CCCCC)cn2)cc1. The van der Waals surface area contributed by atoms with E-state index in [1.165, 1.54) is 50.5 Å². The van der Waals surface area contributed by atoms with Crippen LogP contribution in [0.25, 0.3) is 11.4 Å². The molecule has 1 aromatic carbocycles. The molecule has 2 rings (SSSR count). The van der Waals surface area contributed by atoms with Crippen molar-refractivity contribution < 1.29 is 13.5 Å². The van der Waals surface area contributed by atoms with Crippen LogP contribution in [-0.4, -0.2) is 28.9 Å². The predicted molar refractivity (Wildman–Crippen MR) is 138 cm³/mol. The maximum absolute atomic E-state index is 14.1. The average Bonchev–Trinajstić information content (AvgIpc) is 2.86. The third-order valence-corrected chi connectivity index (χ3v) is 6.25. The molecule has 0 spiro atoms. The molecule has 34 heavy (non-hydrogen) atoms. The number of aromatic nitrogens is 2. The standard InChI is InChI=1S/C29H44F2N2O/c1-3-5-7-8-9-10-12-13-24-15-17-25(18-16-24)29-32-21-28(22-33-29)34-23-27(31)20-19-26(30)14-11-6-4-2/h15-18,21-22,26-27H,3-14,19-20,23H2,1-2H3. The van der Waals surface area contributed by atoms with Crippen LogP contribution in [0, 0.1) is 0 Å². The van der Waals surface area contributed by atoms with Gasteiger partial charge in [0.25, 0.3) is 0 Å². The van der Waals surface area contributed by atoms with Crippen LogP contribution in [0.1, 0.15) is 103 Å². The zero-order valence-electron chi connectivity index (χ0n) is 21.3. The molecule has 2 atom stereocenters. The van der Waals surface area contributed by atoms with Crippen molar-refractivity contribution in [3.8, 4) is 17.1 Å². The van der Waals surface area contributed by atoms with Gasteiger partial charge in [-0.2, -0.15) is 0 Å². The Morgan fingerprint density at radius 1 is 0.706 bits per heavy atom. The van der Waals surface area contributed by atoms with Crippen LogP contribution in [0.2, 0.25) is 0 Å². The maximum atomic E-state index is 14.1. The molecule has 2 aromatic rings. The van der Waals surface area contributed by atoms with Crippen LogP contribution in [0.15, 0.2) is 36.7 Å². The normalized spacial score (nSPS) is 13.1. The second-order valence-corrected chi connectivity index (χ2v) is 9.39. The Balaban J connectivity index is 1.67. The van der Waals surface area contributed by atoms with E-state index in [9.17, 15) is 8.78 Å². The quantitative estimate of drug-likeness (QED) is 0.191. The Morgan fingerprint density at radius 3 is 1.97 bits per heavy atom. The summed E-state index contributed by atoms with van der Waals surface area (Å²) in [7, 11) is 0. The number of aryl methyl sites for hydroxylation is 1. The van der Waals surface area contributed by atoms with Crippen LogP contribution >= 0.6 is 0 Å². The van der Waals surface area contributed by atoms with Crippen molar-refractivity contribution in [3.63, 3.8) is 0 Å². The molecule has 0 aliphatic rings. The third-order valence-electron chi connectivity index (χ3n) is 6.25. The lowest BCUT2D eigenvalue weighted by molar-refractivity contribution is 0.167. The number of halogens is 2. The van der Waals surface area contributed by atoms with Gasteiger partial charge in [0.1, 0.15) is 19.0 Å². The van der Waals surface area contributed by atoms with E-state index in [1.807, 2.05) is 0 Å². The van der Waals surface area contributed by atoms with E-state index in [1.54, 1.807) is 12.4 Å². The van der Waals surface area contributed by atoms with Crippen LogP contribution in [-0.2, 0) is 6.42 Å². The highest BCUT2D eigenvalue weighted by molar-refractivity contribution is 5.55. The molecule has 0 saturated carbocycles. The summed E-state index contributed by atoms with van der Waals surface area (Å²) in [4.78, 5) is 8.73. The lowest BCUT2D eigenvalue weighted by Crippen LogP contribution is -2.15. The molecule has 5 heteroatoms. The van der Waals surface area contributed by atoms with Crippen LogP contribution in [0.5, 0.6) is 5.75 Å². The van der Waals surface area contributed by atoms with Crippen molar-refractivity contribution in [2.75, 3.05) is 6.61 Å². The Labute approximate surface area is 205 Å². The molecular formula is C29H44F2N2O. The minimum atomic E-state index is -1.19. The van der Waals surface area contributed by atoms with Crippen molar-refractivity contribution in [2.24, 2.45) is 0 Å². The summed E-state index contributed by atoms with van der Waals surface area (Å²) in [5.74, 6) is 1.06. The van der Waals surface area contributed by atoms with Crippen molar-refractivity contribution >= 4 is 0 Å². The first-order valence-electron chi connectivity index (χ1n) is 13.4. The molecule has 0 saturated heterocycles. The molecule has 0 amide bonds. The average molecular weight is 475 g/mol. The van der Waals surface area contributed by atoms with Gasteiger partial charge < -0.3 is 4.74 Å². The minimum Gasteiger partial charge on any atom is -0.487 e. The molecule has 0 N–H and O–H groups in total. The predicted octanol–water partition coefficient (Wildman–Crippen LogP) is 8.85. The van der Waals surface area contributed by atoms with Crippen LogP contribution in [0.3, 0.4) is 0 Å². The highest BCUT2D eigenvalue weighted by atomic mass is 19.1. The summed E-state index contributed by atoms with van der Waals surface area (Å²) in [6, 6.07) is 8.40. The van der Waals surface area contributed by atoms with Gasteiger partial charge in [0.15, 0.2) is 11.6 Å². The number of rotatable bonds is 19. The van der Waals surface area contributed by atoms with Gasteiger partial charge in [-0.3, -0.25) is 0 Å². The lowest BCUT2D eigenvalue weighted by atomic mass is 10.0. The fraction of sp³-hybridized carbons (Fsp3) is 0.655. The molecular weight excluding hydrogens is 430 g/mol. The Kier molecular flexibility index (Phi) is 14.4. The van der Waals surface area contributed by atoms with Gasteiger partial charge in [-0.15, -0.1) is 0 Å². The van der Waals surface area contributed by atoms with Gasteiger partial charge in [-0.05, 0) is 37.7 Å². The summed E-state index contributed by atoms with van der Waals surface area (Å²) in [5, 5.41) is 0. The molecule has 0 aliphatic carbocycles. The Bertz CT molecular complexity index is 752. The molecule has 0 fully saturated rings. The monoisotopic (exact) mass is 474 g/mol. The van der Waals surface area contributed by atoms with E-state index in [2.05, 4.69) is 48.1 Å². The smallest absolute Gasteiger partial charge is 0.159 e. The summed E-state index contributed by atoms with van der Waals surface area (Å²) in [6.07, 6.45) is 15.3. The number of hydrogen-bond acceptors (Lipinski definition) is 3. The molecule has 0 bridgehead atoms. The van der Waals surface area contributed by atoms with E-state index in [-0.39, 0.29) is 19.4 Å². The largest absolute Gasteiger partial charge is 0.487 e. The van der Waals surface area contributed by atoms with Gasteiger partial charge in [-0.25, -0.2) is 18.7 Å². The van der Waals surface area contributed by atoms with Crippen molar-refractivity contribution in [3.05, 3.63) is 42.2 Å². The van der Waals surface area contributed by atoms with Gasteiger partial charge in [0, 0.05) is 5.56 Å². The first-order valence-corrected chi connectivity index (χ1v) is 13.4. The topological polar surface area (TPSA) is 35.0 Å². The molecule has 2 unspecified atom stereocenters. The van der Waals surface area contributed by atoms with E-state index >= 15 is 0 Å². The molecule has 3 nitrogen and oxygen atoms in total. The molecule has 1 heterocycles. The summed E-state index contributed by atoms with van der Waals surface area (Å²) >= 11 is 0. The zero-order valence-corrected chi connectivity index (χ0v) is 21.3. The minimum absolute atomic E-state index is 0.0995. The summed E-state index contributed by atoms with van der Waals surface area (Å²) < 4.78 is 33.3. The van der Waals surface area contributed by atoms with Crippen molar-refractivity contribution in [1.82, 2.24) is 9.97 Å². The lowest BCUT2D eigenvalue weighted by Gasteiger charge is -2.12. The number of ether oxygens (including phenoxy) is 1. The first-order chi connectivity index (χ1) is 16.6. The third kappa shape index (κ3) is 11.9. The Hall–Kier alpha value is -2.04. The van der Waals surface area contributed by atoms with Gasteiger partial charge in [-0.1, -0.05) is 95.9 Å². The maximum Gasteiger partial charge on any atom is 0.159 e. The number of nitrogens with zero attached hydrogens (tertiary/aromatic N) is 2. The van der Waals surface area contributed by atoms with Gasteiger partial charge in [0.2, 0.25) is 0 Å². The van der Waals surface area contributed by atoms with E-state index in [0.29, 0.717) is 18.0 Å². The molecule has 0 aliphatic heterocycles. The van der Waals surface area contributed by atoms with E-state index < -0.39 is 12.3 Å². The van der Waals surface area contributed by atoms with Gasteiger partial charge >= 0.3 is 0 Å². The summed E-state index contributed by atoms with van der Waals surface area (Å²) in [6.45, 7) is 4.24. The number of benzene rings is 1. The van der Waals surface area contributed by atoms with Crippen molar-refractivity contribution in [1.29, 1.82) is 0 Å². The summed E-state index contributed by atoms with van der Waals surface area (Å²) in [5.41, 5.74) is 2.29. The second-order valence-electron chi connectivity index (χ2n) is 9.39. The van der Waals surface area contributed by atoms with Crippen LogP contribution < -0.4 is 4.74 Å².